The summed E-state index contributed by atoms with van der Waals surface area (Å²) in [6.45, 7) is 5.38. The predicted molar refractivity (Wildman–Crippen MR) is 67.1 cm³/mol. The smallest absolute Gasteiger partial charge is 0.0648 e. The SMILES string of the molecule is CCC(C)CNc1ccc(Br)cc1Cl. The molecule has 0 saturated carbocycles. The number of benzene rings is 1. The Morgan fingerprint density at radius 1 is 1.50 bits per heavy atom. The summed E-state index contributed by atoms with van der Waals surface area (Å²) < 4.78 is 1.01. The van der Waals surface area contributed by atoms with E-state index in [2.05, 4.69) is 35.1 Å². The highest BCUT2D eigenvalue weighted by Crippen LogP contribution is 2.25. The average Bonchev–Trinajstić information content (AvgIpc) is 2.16. The van der Waals surface area contributed by atoms with Gasteiger partial charge < -0.3 is 5.32 Å². The van der Waals surface area contributed by atoms with Gasteiger partial charge in [-0.3, -0.25) is 0 Å². The summed E-state index contributed by atoms with van der Waals surface area (Å²) in [6.07, 6.45) is 1.18. The van der Waals surface area contributed by atoms with Gasteiger partial charge in [0.15, 0.2) is 0 Å². The second-order valence-corrected chi connectivity index (χ2v) is 4.84. The lowest BCUT2D eigenvalue weighted by molar-refractivity contribution is 0.593. The summed E-state index contributed by atoms with van der Waals surface area (Å²) in [5, 5.41) is 4.10. The zero-order valence-electron chi connectivity index (χ0n) is 8.48. The highest BCUT2D eigenvalue weighted by Gasteiger charge is 2.02. The minimum Gasteiger partial charge on any atom is -0.384 e. The first kappa shape index (κ1) is 11.9. The number of halogens is 2. The molecule has 1 N–H and O–H groups in total. The number of hydrogen-bond acceptors (Lipinski definition) is 1. The van der Waals surface area contributed by atoms with Crippen molar-refractivity contribution < 1.29 is 0 Å². The van der Waals surface area contributed by atoms with Crippen LogP contribution in [-0.2, 0) is 0 Å². The van der Waals surface area contributed by atoms with Gasteiger partial charge in [0.2, 0.25) is 0 Å². The molecule has 1 aromatic rings. The third kappa shape index (κ3) is 3.50. The van der Waals surface area contributed by atoms with Gasteiger partial charge in [-0.05, 0) is 24.1 Å². The Kier molecular flexibility index (Phi) is 4.76. The van der Waals surface area contributed by atoms with Crippen LogP contribution in [0.5, 0.6) is 0 Å². The fourth-order valence-corrected chi connectivity index (χ4v) is 1.80. The van der Waals surface area contributed by atoms with E-state index in [1.54, 1.807) is 0 Å². The molecule has 1 atom stereocenters. The molecule has 3 heteroatoms. The zero-order chi connectivity index (χ0) is 10.6. The van der Waals surface area contributed by atoms with Gasteiger partial charge in [0.05, 0.1) is 10.7 Å². The van der Waals surface area contributed by atoms with Gasteiger partial charge in [-0.1, -0.05) is 47.8 Å². The highest BCUT2D eigenvalue weighted by molar-refractivity contribution is 9.10. The molecule has 0 aromatic heterocycles. The van der Waals surface area contributed by atoms with Crippen molar-refractivity contribution in [1.29, 1.82) is 0 Å². The molecule has 0 bridgehead atoms. The molecule has 14 heavy (non-hydrogen) atoms. The molecule has 0 aliphatic heterocycles. The van der Waals surface area contributed by atoms with E-state index in [1.807, 2.05) is 18.2 Å². The van der Waals surface area contributed by atoms with Crippen molar-refractivity contribution in [1.82, 2.24) is 0 Å². The van der Waals surface area contributed by atoms with E-state index in [4.69, 9.17) is 11.6 Å². The Bertz CT molecular complexity index is 301. The molecular formula is C11H15BrClN. The molecule has 1 nitrogen and oxygen atoms in total. The lowest BCUT2D eigenvalue weighted by Crippen LogP contribution is -2.10. The third-order valence-electron chi connectivity index (χ3n) is 2.27. The molecule has 0 fully saturated rings. The van der Waals surface area contributed by atoms with Crippen LogP contribution in [0.25, 0.3) is 0 Å². The molecule has 1 unspecified atom stereocenters. The van der Waals surface area contributed by atoms with Crippen LogP contribution >= 0.6 is 27.5 Å². The Balaban J connectivity index is 2.59. The number of anilines is 1. The Morgan fingerprint density at radius 2 is 2.21 bits per heavy atom. The number of rotatable bonds is 4. The van der Waals surface area contributed by atoms with Gasteiger partial charge in [-0.2, -0.15) is 0 Å². The predicted octanol–water partition coefficient (Wildman–Crippen LogP) is 4.56. The second kappa shape index (κ2) is 5.62. The van der Waals surface area contributed by atoms with Crippen molar-refractivity contribution in [2.24, 2.45) is 5.92 Å². The molecule has 1 rings (SSSR count). The van der Waals surface area contributed by atoms with Crippen molar-refractivity contribution >= 4 is 33.2 Å². The molecule has 0 amide bonds. The lowest BCUT2D eigenvalue weighted by atomic mass is 10.1. The summed E-state index contributed by atoms with van der Waals surface area (Å²) >= 11 is 9.44. The van der Waals surface area contributed by atoms with E-state index in [1.165, 1.54) is 6.42 Å². The minimum atomic E-state index is 0.676. The largest absolute Gasteiger partial charge is 0.384 e. The Labute approximate surface area is 99.0 Å². The topological polar surface area (TPSA) is 12.0 Å². The monoisotopic (exact) mass is 275 g/mol. The van der Waals surface area contributed by atoms with Crippen LogP contribution in [-0.4, -0.2) is 6.54 Å². The van der Waals surface area contributed by atoms with Crippen LogP contribution in [0.1, 0.15) is 20.3 Å². The van der Waals surface area contributed by atoms with Crippen LogP contribution in [0.15, 0.2) is 22.7 Å². The van der Waals surface area contributed by atoms with E-state index in [0.29, 0.717) is 5.92 Å². The molecule has 0 aliphatic rings. The number of hydrogen-bond donors (Lipinski definition) is 1. The fraction of sp³-hybridized carbons (Fsp3) is 0.455. The summed E-state index contributed by atoms with van der Waals surface area (Å²) in [6, 6.07) is 5.89. The van der Waals surface area contributed by atoms with Crippen molar-refractivity contribution in [3.05, 3.63) is 27.7 Å². The third-order valence-corrected chi connectivity index (χ3v) is 3.07. The van der Waals surface area contributed by atoms with Crippen LogP contribution in [0.4, 0.5) is 5.69 Å². The fourth-order valence-electron chi connectivity index (χ4n) is 1.06. The minimum absolute atomic E-state index is 0.676. The maximum absolute atomic E-state index is 6.06. The molecular weight excluding hydrogens is 261 g/mol. The van der Waals surface area contributed by atoms with Gasteiger partial charge in [0, 0.05) is 11.0 Å². The van der Waals surface area contributed by atoms with Gasteiger partial charge in [0.25, 0.3) is 0 Å². The molecule has 0 heterocycles. The van der Waals surface area contributed by atoms with Crippen LogP contribution < -0.4 is 5.32 Å². The standard InChI is InChI=1S/C11H15BrClN/c1-3-8(2)7-14-11-5-4-9(12)6-10(11)13/h4-6,8,14H,3,7H2,1-2H3. The van der Waals surface area contributed by atoms with Gasteiger partial charge >= 0.3 is 0 Å². The molecule has 78 valence electrons. The van der Waals surface area contributed by atoms with Crippen molar-refractivity contribution in [2.75, 3.05) is 11.9 Å². The summed E-state index contributed by atoms with van der Waals surface area (Å²) in [5.74, 6) is 0.676. The highest BCUT2D eigenvalue weighted by atomic mass is 79.9. The zero-order valence-corrected chi connectivity index (χ0v) is 10.8. The van der Waals surface area contributed by atoms with E-state index in [0.717, 1.165) is 21.7 Å². The first-order valence-corrected chi connectivity index (χ1v) is 5.99. The first-order valence-electron chi connectivity index (χ1n) is 4.82. The van der Waals surface area contributed by atoms with Crippen LogP contribution in [0.3, 0.4) is 0 Å². The first-order chi connectivity index (χ1) is 6.63. The van der Waals surface area contributed by atoms with Crippen molar-refractivity contribution in [3.8, 4) is 0 Å². The van der Waals surface area contributed by atoms with E-state index >= 15 is 0 Å². The lowest BCUT2D eigenvalue weighted by Gasteiger charge is -2.12. The number of nitrogens with one attached hydrogen (secondary N) is 1. The maximum atomic E-state index is 6.06. The van der Waals surface area contributed by atoms with Gasteiger partial charge in [-0.15, -0.1) is 0 Å². The Morgan fingerprint density at radius 3 is 2.79 bits per heavy atom. The van der Waals surface area contributed by atoms with Crippen molar-refractivity contribution in [2.45, 2.75) is 20.3 Å². The Hall–Kier alpha value is -0.210. The summed E-state index contributed by atoms with van der Waals surface area (Å²) in [5.41, 5.74) is 1.01. The van der Waals surface area contributed by atoms with Crippen LogP contribution in [0, 0.1) is 5.92 Å². The molecule has 0 aliphatic carbocycles. The maximum Gasteiger partial charge on any atom is 0.0648 e. The quantitative estimate of drug-likeness (QED) is 0.850. The van der Waals surface area contributed by atoms with Gasteiger partial charge in [0.1, 0.15) is 0 Å². The van der Waals surface area contributed by atoms with E-state index < -0.39 is 0 Å². The molecule has 0 spiro atoms. The van der Waals surface area contributed by atoms with Crippen molar-refractivity contribution in [3.63, 3.8) is 0 Å². The summed E-state index contributed by atoms with van der Waals surface area (Å²) in [4.78, 5) is 0. The molecule has 0 radical (unpaired) electrons. The molecule has 0 saturated heterocycles. The van der Waals surface area contributed by atoms with E-state index in [9.17, 15) is 0 Å². The second-order valence-electron chi connectivity index (χ2n) is 3.52. The average molecular weight is 277 g/mol. The summed E-state index contributed by atoms with van der Waals surface area (Å²) in [7, 11) is 0. The van der Waals surface area contributed by atoms with Gasteiger partial charge in [-0.25, -0.2) is 0 Å². The molecule has 1 aromatic carbocycles. The normalized spacial score (nSPS) is 12.6. The van der Waals surface area contributed by atoms with E-state index in [-0.39, 0.29) is 0 Å². The van der Waals surface area contributed by atoms with Crippen LogP contribution in [0.2, 0.25) is 5.02 Å².